The van der Waals surface area contributed by atoms with Gasteiger partial charge in [0.2, 0.25) is 5.91 Å². The SMILES string of the molecule is NC(=O)CONC1CS(=O)(=O)CC1O. The minimum absolute atomic E-state index is 0.201. The Bertz CT molecular complexity index is 314. The standard InChI is InChI=1S/C6H12N2O5S/c7-6(10)1-13-8-4-2-14(11,12)3-5(4)9/h4-5,8-9H,1-3H2,(H2,7,10). The second-order valence-corrected chi connectivity index (χ2v) is 5.28. The van der Waals surface area contributed by atoms with Gasteiger partial charge in [0.25, 0.3) is 0 Å². The zero-order valence-corrected chi connectivity index (χ0v) is 8.16. The van der Waals surface area contributed by atoms with E-state index in [-0.39, 0.29) is 18.1 Å². The molecule has 1 amide bonds. The molecule has 1 aliphatic rings. The summed E-state index contributed by atoms with van der Waals surface area (Å²) in [6, 6.07) is -0.695. The number of primary amides is 1. The van der Waals surface area contributed by atoms with Crippen molar-refractivity contribution in [1.82, 2.24) is 5.48 Å². The topological polar surface area (TPSA) is 119 Å². The fourth-order valence-electron chi connectivity index (χ4n) is 1.16. The molecule has 0 aromatic carbocycles. The van der Waals surface area contributed by atoms with Crippen LogP contribution in [0.25, 0.3) is 0 Å². The number of hydrogen-bond acceptors (Lipinski definition) is 6. The summed E-state index contributed by atoms with van der Waals surface area (Å²) < 4.78 is 22.0. The third kappa shape index (κ3) is 3.22. The number of nitrogens with two attached hydrogens (primary N) is 1. The highest BCUT2D eigenvalue weighted by molar-refractivity contribution is 7.91. The van der Waals surface area contributed by atoms with Crippen LogP contribution in [0, 0.1) is 0 Å². The zero-order chi connectivity index (χ0) is 10.8. The summed E-state index contributed by atoms with van der Waals surface area (Å²) in [4.78, 5) is 14.9. The van der Waals surface area contributed by atoms with Gasteiger partial charge in [0.1, 0.15) is 6.61 Å². The van der Waals surface area contributed by atoms with Crippen molar-refractivity contribution in [1.29, 1.82) is 0 Å². The van der Waals surface area contributed by atoms with Crippen LogP contribution >= 0.6 is 0 Å². The molecule has 0 bridgehead atoms. The van der Waals surface area contributed by atoms with Crippen molar-refractivity contribution in [2.75, 3.05) is 18.1 Å². The Balaban J connectivity index is 2.36. The number of nitrogens with one attached hydrogen (secondary N) is 1. The summed E-state index contributed by atoms with van der Waals surface area (Å²) >= 11 is 0. The Morgan fingerprint density at radius 1 is 1.57 bits per heavy atom. The van der Waals surface area contributed by atoms with E-state index in [1.54, 1.807) is 0 Å². The largest absolute Gasteiger partial charge is 0.390 e. The maximum absolute atomic E-state index is 11.0. The van der Waals surface area contributed by atoms with E-state index in [4.69, 9.17) is 5.73 Å². The third-order valence-corrected chi connectivity index (χ3v) is 3.49. The number of rotatable bonds is 4. The van der Waals surface area contributed by atoms with E-state index in [0.717, 1.165) is 0 Å². The number of sulfone groups is 1. The molecule has 0 saturated carbocycles. The van der Waals surface area contributed by atoms with Crippen molar-refractivity contribution < 1.29 is 23.2 Å². The van der Waals surface area contributed by atoms with Crippen LogP contribution in [0.2, 0.25) is 0 Å². The van der Waals surface area contributed by atoms with Gasteiger partial charge in [0.05, 0.1) is 23.7 Å². The number of aliphatic hydroxyl groups excluding tert-OH is 1. The molecule has 0 spiro atoms. The molecule has 1 rings (SSSR count). The van der Waals surface area contributed by atoms with Crippen molar-refractivity contribution in [3.05, 3.63) is 0 Å². The lowest BCUT2D eigenvalue weighted by Crippen LogP contribution is -2.40. The average molecular weight is 224 g/mol. The fraction of sp³-hybridized carbons (Fsp3) is 0.833. The number of carbonyl (C=O) groups excluding carboxylic acids is 1. The summed E-state index contributed by atoms with van der Waals surface area (Å²) in [5.74, 6) is -1.16. The number of hydroxylamine groups is 1. The highest BCUT2D eigenvalue weighted by Gasteiger charge is 2.36. The van der Waals surface area contributed by atoms with Crippen LogP contribution in [-0.2, 0) is 19.5 Å². The molecular weight excluding hydrogens is 212 g/mol. The van der Waals surface area contributed by atoms with E-state index >= 15 is 0 Å². The Kier molecular flexibility index (Phi) is 3.43. The molecule has 1 fully saturated rings. The molecule has 0 aliphatic carbocycles. The molecule has 8 heteroatoms. The van der Waals surface area contributed by atoms with Gasteiger partial charge in [-0.1, -0.05) is 0 Å². The maximum atomic E-state index is 11.0. The highest BCUT2D eigenvalue weighted by Crippen LogP contribution is 2.11. The minimum Gasteiger partial charge on any atom is -0.390 e. The molecule has 0 aromatic heterocycles. The summed E-state index contributed by atoms with van der Waals surface area (Å²) in [5, 5.41) is 9.25. The molecule has 1 aliphatic heterocycles. The van der Waals surface area contributed by atoms with Gasteiger partial charge in [-0.25, -0.2) is 8.42 Å². The lowest BCUT2D eigenvalue weighted by molar-refractivity contribution is -0.126. The Morgan fingerprint density at radius 2 is 2.21 bits per heavy atom. The molecule has 14 heavy (non-hydrogen) atoms. The van der Waals surface area contributed by atoms with Gasteiger partial charge in [-0.05, 0) is 0 Å². The second-order valence-electron chi connectivity index (χ2n) is 3.12. The second kappa shape index (κ2) is 4.22. The molecule has 2 atom stereocenters. The van der Waals surface area contributed by atoms with Gasteiger partial charge in [-0.3, -0.25) is 9.63 Å². The number of carbonyl (C=O) groups is 1. The van der Waals surface area contributed by atoms with Gasteiger partial charge < -0.3 is 10.8 Å². The predicted octanol–water partition coefficient (Wildman–Crippen LogP) is -2.85. The molecular formula is C6H12N2O5S. The molecule has 82 valence electrons. The first-order valence-corrected chi connectivity index (χ1v) is 5.77. The first-order valence-electron chi connectivity index (χ1n) is 3.95. The van der Waals surface area contributed by atoms with Crippen LogP contribution < -0.4 is 11.2 Å². The summed E-state index contributed by atoms with van der Waals surface area (Å²) in [6.45, 7) is -0.358. The molecule has 4 N–H and O–H groups in total. The van der Waals surface area contributed by atoms with Crippen molar-refractivity contribution in [3.63, 3.8) is 0 Å². The van der Waals surface area contributed by atoms with Crippen LogP contribution in [-0.4, -0.2) is 49.7 Å². The summed E-state index contributed by atoms with van der Waals surface area (Å²) in [6.07, 6.45) is -1.01. The lowest BCUT2D eigenvalue weighted by Gasteiger charge is -2.13. The smallest absolute Gasteiger partial charge is 0.245 e. The molecule has 1 saturated heterocycles. The van der Waals surface area contributed by atoms with Gasteiger partial charge in [0, 0.05) is 0 Å². The zero-order valence-electron chi connectivity index (χ0n) is 7.34. The number of aliphatic hydroxyl groups is 1. The van der Waals surface area contributed by atoms with E-state index in [1.807, 2.05) is 0 Å². The van der Waals surface area contributed by atoms with Gasteiger partial charge in [-0.15, -0.1) is 0 Å². The van der Waals surface area contributed by atoms with Crippen LogP contribution in [0.1, 0.15) is 0 Å². The maximum Gasteiger partial charge on any atom is 0.245 e. The van der Waals surface area contributed by atoms with Crippen LogP contribution in [0.3, 0.4) is 0 Å². The molecule has 0 aromatic rings. The van der Waals surface area contributed by atoms with E-state index in [9.17, 15) is 18.3 Å². The van der Waals surface area contributed by atoms with Crippen LogP contribution in [0.5, 0.6) is 0 Å². The summed E-state index contributed by atoms with van der Waals surface area (Å²) in [7, 11) is -3.20. The fourth-order valence-corrected chi connectivity index (χ4v) is 2.89. The van der Waals surface area contributed by atoms with E-state index in [0.29, 0.717) is 0 Å². The summed E-state index contributed by atoms with van der Waals surface area (Å²) in [5.41, 5.74) is 7.07. The first kappa shape index (κ1) is 11.4. The lowest BCUT2D eigenvalue weighted by atomic mass is 10.2. The minimum atomic E-state index is -3.20. The Hall–Kier alpha value is -0.700. The quantitative estimate of drug-likeness (QED) is 0.442. The van der Waals surface area contributed by atoms with Crippen molar-refractivity contribution in [2.45, 2.75) is 12.1 Å². The predicted molar refractivity (Wildman–Crippen MR) is 46.7 cm³/mol. The molecule has 7 nitrogen and oxygen atoms in total. The third-order valence-electron chi connectivity index (χ3n) is 1.77. The molecule has 2 unspecified atom stereocenters. The van der Waals surface area contributed by atoms with Crippen molar-refractivity contribution >= 4 is 15.7 Å². The molecule has 0 radical (unpaired) electrons. The van der Waals surface area contributed by atoms with Crippen LogP contribution in [0.4, 0.5) is 0 Å². The van der Waals surface area contributed by atoms with E-state index < -0.39 is 27.9 Å². The van der Waals surface area contributed by atoms with Gasteiger partial charge in [-0.2, -0.15) is 5.48 Å². The van der Waals surface area contributed by atoms with Gasteiger partial charge >= 0.3 is 0 Å². The normalized spacial score (nSPS) is 30.4. The average Bonchev–Trinajstić information content (AvgIpc) is 2.24. The van der Waals surface area contributed by atoms with Gasteiger partial charge in [0.15, 0.2) is 9.84 Å². The van der Waals surface area contributed by atoms with E-state index in [2.05, 4.69) is 10.3 Å². The number of hydrogen-bond donors (Lipinski definition) is 3. The van der Waals surface area contributed by atoms with Crippen molar-refractivity contribution in [3.8, 4) is 0 Å². The molecule has 1 heterocycles. The van der Waals surface area contributed by atoms with Crippen molar-refractivity contribution in [2.24, 2.45) is 5.73 Å². The van der Waals surface area contributed by atoms with E-state index in [1.165, 1.54) is 0 Å². The monoisotopic (exact) mass is 224 g/mol. The highest BCUT2D eigenvalue weighted by atomic mass is 32.2. The first-order chi connectivity index (χ1) is 6.41. The Labute approximate surface area is 81.1 Å². The van der Waals surface area contributed by atoms with Crippen LogP contribution in [0.15, 0.2) is 0 Å². The number of amides is 1. The Morgan fingerprint density at radius 3 is 2.64 bits per heavy atom.